The molecule has 1 fully saturated rings. The zero-order valence-electron chi connectivity index (χ0n) is 12.3. The lowest BCUT2D eigenvalue weighted by Crippen LogP contribution is -2.03. The quantitative estimate of drug-likeness (QED) is 0.537. The predicted molar refractivity (Wildman–Crippen MR) is 82.6 cm³/mol. The number of ketones is 1. The fraction of sp³-hybridized carbons (Fsp3) is 0.118. The summed E-state index contributed by atoms with van der Waals surface area (Å²) in [5.74, 6) is -0.228. The van der Waals surface area contributed by atoms with Gasteiger partial charge in [-0.05, 0) is 0 Å². The average molecular weight is 318 g/mol. The minimum atomic E-state index is -0.228. The van der Waals surface area contributed by atoms with Gasteiger partial charge in [0.15, 0.2) is 11.8 Å². The molecule has 0 saturated carbocycles. The van der Waals surface area contributed by atoms with E-state index in [2.05, 4.69) is 14.7 Å². The predicted octanol–water partition coefficient (Wildman–Crippen LogP) is 2.00. The Labute approximate surface area is 137 Å². The van der Waals surface area contributed by atoms with Crippen LogP contribution in [0.1, 0.15) is 27.4 Å². The minimum absolute atomic E-state index is 0.0187. The third kappa shape index (κ3) is 2.72. The van der Waals surface area contributed by atoms with Crippen LogP contribution in [0.4, 0.5) is 0 Å². The fourth-order valence-electron chi connectivity index (χ4n) is 2.20. The Balaban J connectivity index is 0.000000290. The largest absolute Gasteiger partial charge is 0.516 e. The lowest BCUT2D eigenvalue weighted by atomic mass is 10.1. The van der Waals surface area contributed by atoms with E-state index in [1.807, 2.05) is 18.2 Å². The summed E-state index contributed by atoms with van der Waals surface area (Å²) in [6.45, 7) is 0.649. The smallest absolute Gasteiger partial charge is 0.214 e. The van der Waals surface area contributed by atoms with Crippen LogP contribution < -0.4 is 0 Å². The van der Waals surface area contributed by atoms with E-state index < -0.39 is 0 Å². The van der Waals surface area contributed by atoms with Crippen molar-refractivity contribution in [3.8, 4) is 23.4 Å². The standard InChI is InChI=1S/C14H7N3O2.C3H3NO/c15-7-11-10(5-6-18)16-12-8-3-1-2-4-9(8)14(19)13(12)17-11;4-1-3-2-5-3/h1-6,18H;3H,2H2. The van der Waals surface area contributed by atoms with E-state index in [0.29, 0.717) is 23.4 Å². The minimum Gasteiger partial charge on any atom is -0.516 e. The second-order valence-electron chi connectivity index (χ2n) is 4.91. The van der Waals surface area contributed by atoms with E-state index in [0.717, 1.165) is 6.26 Å². The van der Waals surface area contributed by atoms with Crippen molar-refractivity contribution in [2.24, 2.45) is 0 Å². The van der Waals surface area contributed by atoms with Gasteiger partial charge in [0.1, 0.15) is 23.2 Å². The summed E-state index contributed by atoms with van der Waals surface area (Å²) in [6.07, 6.45) is 2.01. The second kappa shape index (κ2) is 6.29. The number of aliphatic hydroxyl groups is 1. The monoisotopic (exact) mass is 318 g/mol. The van der Waals surface area contributed by atoms with Gasteiger partial charge in [-0.2, -0.15) is 10.5 Å². The summed E-state index contributed by atoms with van der Waals surface area (Å²) in [7, 11) is 0. The van der Waals surface area contributed by atoms with E-state index >= 15 is 0 Å². The number of rotatable bonds is 1. The molecule has 1 aliphatic carbocycles. The molecule has 1 aliphatic heterocycles. The number of nitrogens with zero attached hydrogens (tertiary/aromatic N) is 4. The van der Waals surface area contributed by atoms with Crippen molar-refractivity contribution in [1.82, 2.24) is 9.97 Å². The first-order chi connectivity index (χ1) is 11.7. The number of carbonyl (C=O) groups excluding carboxylic acids is 1. The highest BCUT2D eigenvalue weighted by atomic mass is 16.6. The number of fused-ring (bicyclic) bond motifs is 3. The van der Waals surface area contributed by atoms with Gasteiger partial charge < -0.3 is 9.84 Å². The normalized spacial score (nSPS) is 16.4. The van der Waals surface area contributed by atoms with E-state index in [1.54, 1.807) is 18.2 Å². The van der Waals surface area contributed by atoms with E-state index in [4.69, 9.17) is 15.6 Å². The Morgan fingerprint density at radius 3 is 2.46 bits per heavy atom. The van der Waals surface area contributed by atoms with Crippen molar-refractivity contribution < 1.29 is 14.6 Å². The van der Waals surface area contributed by atoms with Crippen molar-refractivity contribution in [3.63, 3.8) is 0 Å². The number of epoxide rings is 1. The number of hydrogen-bond acceptors (Lipinski definition) is 7. The Morgan fingerprint density at radius 2 is 1.92 bits per heavy atom. The molecule has 7 nitrogen and oxygen atoms in total. The Hall–Kier alpha value is -3.55. The van der Waals surface area contributed by atoms with E-state index in [1.165, 1.54) is 6.08 Å². The highest BCUT2D eigenvalue weighted by Gasteiger charge is 2.30. The third-order valence-corrected chi connectivity index (χ3v) is 3.38. The first kappa shape index (κ1) is 15.3. The van der Waals surface area contributed by atoms with E-state index in [9.17, 15) is 4.79 Å². The van der Waals surface area contributed by atoms with Crippen LogP contribution in [-0.4, -0.2) is 33.6 Å². The van der Waals surface area contributed by atoms with Crippen molar-refractivity contribution in [3.05, 3.63) is 53.2 Å². The maximum Gasteiger partial charge on any atom is 0.214 e. The maximum atomic E-state index is 12.1. The van der Waals surface area contributed by atoms with Gasteiger partial charge in [-0.3, -0.25) is 4.79 Å². The number of hydrogen-bond donors (Lipinski definition) is 1. The van der Waals surface area contributed by atoms with Gasteiger partial charge in [-0.25, -0.2) is 9.97 Å². The molecule has 1 aromatic carbocycles. The summed E-state index contributed by atoms with van der Waals surface area (Å²) in [5, 5.41) is 25.6. The van der Waals surface area contributed by atoms with Crippen LogP contribution in [-0.2, 0) is 4.74 Å². The van der Waals surface area contributed by atoms with Crippen LogP contribution in [0.3, 0.4) is 0 Å². The molecule has 1 aromatic heterocycles. The van der Waals surface area contributed by atoms with Gasteiger partial charge >= 0.3 is 0 Å². The molecule has 1 N–H and O–H groups in total. The number of benzene rings is 1. The molecular weight excluding hydrogens is 308 g/mol. The average Bonchev–Trinajstić information content (AvgIpc) is 3.42. The lowest BCUT2D eigenvalue weighted by Gasteiger charge is -2.01. The molecule has 2 aromatic rings. The van der Waals surface area contributed by atoms with Crippen LogP contribution >= 0.6 is 0 Å². The van der Waals surface area contributed by atoms with E-state index in [-0.39, 0.29) is 29.0 Å². The van der Waals surface area contributed by atoms with Gasteiger partial charge in [0.25, 0.3) is 0 Å². The van der Waals surface area contributed by atoms with Crippen LogP contribution in [0.2, 0.25) is 0 Å². The Kier molecular flexibility index (Phi) is 4.02. The molecule has 0 radical (unpaired) electrons. The molecule has 0 spiro atoms. The molecule has 116 valence electrons. The first-order valence-corrected chi connectivity index (χ1v) is 6.97. The van der Waals surface area contributed by atoms with Gasteiger partial charge in [0.2, 0.25) is 5.78 Å². The van der Waals surface area contributed by atoms with Gasteiger partial charge in [0.05, 0.1) is 18.9 Å². The Morgan fingerprint density at radius 1 is 1.21 bits per heavy atom. The molecule has 2 aliphatic rings. The number of aromatic nitrogens is 2. The van der Waals surface area contributed by atoms with Crippen LogP contribution in [0.25, 0.3) is 17.3 Å². The summed E-state index contributed by atoms with van der Waals surface area (Å²) in [6, 6.07) is 10.8. The molecule has 7 heteroatoms. The van der Waals surface area contributed by atoms with Crippen LogP contribution in [0.15, 0.2) is 30.5 Å². The SMILES string of the molecule is N#CC1CO1.N#Cc1nc2c(nc1C=CO)-c1ccccc1C2=O. The van der Waals surface area contributed by atoms with Crippen molar-refractivity contribution in [2.75, 3.05) is 6.61 Å². The van der Waals surface area contributed by atoms with Gasteiger partial charge in [0, 0.05) is 17.2 Å². The summed E-state index contributed by atoms with van der Waals surface area (Å²) in [5.41, 5.74) is 2.14. The third-order valence-electron chi connectivity index (χ3n) is 3.38. The molecule has 1 atom stereocenters. The number of carbonyl (C=O) groups is 1. The first-order valence-electron chi connectivity index (χ1n) is 6.97. The fourth-order valence-corrected chi connectivity index (χ4v) is 2.20. The van der Waals surface area contributed by atoms with Gasteiger partial charge in [-0.1, -0.05) is 24.3 Å². The summed E-state index contributed by atoms with van der Waals surface area (Å²) >= 11 is 0. The van der Waals surface area contributed by atoms with Crippen LogP contribution in [0, 0.1) is 22.7 Å². The van der Waals surface area contributed by atoms with Crippen LogP contribution in [0.5, 0.6) is 0 Å². The molecule has 0 bridgehead atoms. The van der Waals surface area contributed by atoms with Crippen molar-refractivity contribution >= 4 is 11.9 Å². The number of ether oxygens (including phenoxy) is 1. The molecule has 24 heavy (non-hydrogen) atoms. The van der Waals surface area contributed by atoms with Crippen molar-refractivity contribution in [2.45, 2.75) is 6.10 Å². The zero-order valence-corrected chi connectivity index (χ0v) is 12.3. The second-order valence-corrected chi connectivity index (χ2v) is 4.91. The topological polar surface area (TPSA) is 123 Å². The number of nitriles is 2. The molecule has 1 saturated heterocycles. The lowest BCUT2D eigenvalue weighted by molar-refractivity contribution is 0.103. The number of aliphatic hydroxyl groups excluding tert-OH is 1. The molecule has 0 amide bonds. The molecular formula is C17H10N4O3. The highest BCUT2D eigenvalue weighted by Crippen LogP contribution is 2.34. The zero-order chi connectivity index (χ0) is 17.1. The maximum absolute atomic E-state index is 12.1. The molecule has 1 unspecified atom stereocenters. The Bertz CT molecular complexity index is 934. The van der Waals surface area contributed by atoms with Gasteiger partial charge in [-0.15, -0.1) is 0 Å². The highest BCUT2D eigenvalue weighted by molar-refractivity contribution is 6.19. The summed E-state index contributed by atoms with van der Waals surface area (Å²) in [4.78, 5) is 20.4. The summed E-state index contributed by atoms with van der Waals surface area (Å²) < 4.78 is 4.50. The molecule has 4 rings (SSSR count). The van der Waals surface area contributed by atoms with Crippen molar-refractivity contribution in [1.29, 1.82) is 10.5 Å². The molecule has 2 heterocycles.